The molecule has 0 saturated heterocycles. The lowest BCUT2D eigenvalue weighted by atomic mass is 10.2. The van der Waals surface area contributed by atoms with Crippen molar-refractivity contribution in [3.05, 3.63) is 35.9 Å². The molecule has 1 aromatic carbocycles. The molecule has 5 heteroatoms. The van der Waals surface area contributed by atoms with Crippen molar-refractivity contribution < 1.29 is 13.2 Å². The Balaban J connectivity index is 2.87. The Labute approximate surface area is 89.0 Å². The Morgan fingerprint density at radius 2 is 1.87 bits per heavy atom. The smallest absolute Gasteiger partial charge is 0.235 e. The third kappa shape index (κ3) is 3.06. The van der Waals surface area contributed by atoms with Crippen LogP contribution in [0, 0.1) is 0 Å². The van der Waals surface area contributed by atoms with Gasteiger partial charge in [-0.3, -0.25) is 4.79 Å². The normalized spacial score (nSPS) is 13.4. The minimum absolute atomic E-state index is 0.155. The highest BCUT2D eigenvalue weighted by Crippen LogP contribution is 2.10. The van der Waals surface area contributed by atoms with Gasteiger partial charge in [-0.05, 0) is 12.5 Å². The zero-order chi connectivity index (χ0) is 11.5. The monoisotopic (exact) mass is 227 g/mol. The molecule has 1 atom stereocenters. The number of hydrogen-bond acceptors (Lipinski definition) is 3. The fraction of sp³-hybridized carbons (Fsp3) is 0.300. The van der Waals surface area contributed by atoms with Crippen molar-refractivity contribution in [3.8, 4) is 0 Å². The maximum Gasteiger partial charge on any atom is 0.235 e. The molecule has 2 N–H and O–H groups in total. The van der Waals surface area contributed by atoms with Crippen LogP contribution in [0.15, 0.2) is 30.3 Å². The summed E-state index contributed by atoms with van der Waals surface area (Å²) in [6.07, 6.45) is 0. The lowest BCUT2D eigenvalue weighted by Gasteiger charge is -2.08. The van der Waals surface area contributed by atoms with E-state index < -0.39 is 21.0 Å². The first kappa shape index (κ1) is 11.7. The quantitative estimate of drug-likeness (QED) is 0.812. The molecule has 1 aromatic rings. The van der Waals surface area contributed by atoms with Gasteiger partial charge in [0.25, 0.3) is 0 Å². The van der Waals surface area contributed by atoms with E-state index >= 15 is 0 Å². The molecule has 0 saturated carbocycles. The minimum atomic E-state index is -3.49. The number of carbonyl (C=O) groups excluding carboxylic acids is 1. The van der Waals surface area contributed by atoms with Gasteiger partial charge in [0.1, 0.15) is 5.25 Å². The van der Waals surface area contributed by atoms with E-state index in [1.165, 1.54) is 6.92 Å². The third-order valence-electron chi connectivity index (χ3n) is 2.15. The van der Waals surface area contributed by atoms with Crippen LogP contribution in [-0.2, 0) is 20.4 Å². The average molecular weight is 227 g/mol. The number of amides is 1. The number of nitrogens with two attached hydrogens (primary N) is 1. The van der Waals surface area contributed by atoms with Crippen LogP contribution in [-0.4, -0.2) is 19.6 Å². The Kier molecular flexibility index (Phi) is 3.47. The number of rotatable bonds is 4. The lowest BCUT2D eigenvalue weighted by Crippen LogP contribution is -2.33. The summed E-state index contributed by atoms with van der Waals surface area (Å²) in [5.74, 6) is -0.969. The van der Waals surface area contributed by atoms with Gasteiger partial charge in [-0.1, -0.05) is 30.3 Å². The first-order chi connectivity index (χ1) is 6.93. The second kappa shape index (κ2) is 4.44. The van der Waals surface area contributed by atoms with Gasteiger partial charge in [-0.2, -0.15) is 0 Å². The van der Waals surface area contributed by atoms with E-state index in [0.29, 0.717) is 5.56 Å². The minimum Gasteiger partial charge on any atom is -0.369 e. The van der Waals surface area contributed by atoms with Gasteiger partial charge in [0, 0.05) is 0 Å². The number of hydrogen-bond donors (Lipinski definition) is 1. The summed E-state index contributed by atoms with van der Waals surface area (Å²) in [5, 5.41) is -1.14. The van der Waals surface area contributed by atoms with Crippen molar-refractivity contribution >= 4 is 15.7 Å². The summed E-state index contributed by atoms with van der Waals surface area (Å²) < 4.78 is 23.3. The van der Waals surface area contributed by atoms with Crippen LogP contribution in [0.5, 0.6) is 0 Å². The summed E-state index contributed by atoms with van der Waals surface area (Å²) in [6.45, 7) is 1.31. The molecule has 0 radical (unpaired) electrons. The van der Waals surface area contributed by atoms with Gasteiger partial charge in [0.2, 0.25) is 5.91 Å². The fourth-order valence-corrected chi connectivity index (χ4v) is 2.37. The Bertz CT molecular complexity index is 439. The van der Waals surface area contributed by atoms with Gasteiger partial charge in [-0.25, -0.2) is 8.42 Å². The van der Waals surface area contributed by atoms with Gasteiger partial charge < -0.3 is 5.73 Å². The zero-order valence-electron chi connectivity index (χ0n) is 8.38. The maximum atomic E-state index is 11.6. The highest BCUT2D eigenvalue weighted by Gasteiger charge is 2.25. The van der Waals surface area contributed by atoms with E-state index in [2.05, 4.69) is 0 Å². The fourth-order valence-electron chi connectivity index (χ4n) is 1.11. The molecule has 82 valence electrons. The van der Waals surface area contributed by atoms with Crippen molar-refractivity contribution in [2.75, 3.05) is 0 Å². The van der Waals surface area contributed by atoms with Crippen LogP contribution in [0.2, 0.25) is 0 Å². The molecule has 0 aliphatic rings. The van der Waals surface area contributed by atoms with E-state index in [9.17, 15) is 13.2 Å². The van der Waals surface area contributed by atoms with E-state index in [-0.39, 0.29) is 5.75 Å². The van der Waals surface area contributed by atoms with Gasteiger partial charge in [-0.15, -0.1) is 0 Å². The third-order valence-corrected chi connectivity index (χ3v) is 4.20. The highest BCUT2D eigenvalue weighted by molar-refractivity contribution is 7.92. The van der Waals surface area contributed by atoms with Crippen LogP contribution in [0.1, 0.15) is 12.5 Å². The van der Waals surface area contributed by atoms with Gasteiger partial charge >= 0.3 is 0 Å². The van der Waals surface area contributed by atoms with Crippen molar-refractivity contribution in [1.29, 1.82) is 0 Å². The first-order valence-corrected chi connectivity index (χ1v) is 6.20. The van der Waals surface area contributed by atoms with Crippen LogP contribution < -0.4 is 5.73 Å². The van der Waals surface area contributed by atoms with Crippen LogP contribution in [0.3, 0.4) is 0 Å². The summed E-state index contributed by atoms with van der Waals surface area (Å²) in [4.78, 5) is 10.8. The molecular weight excluding hydrogens is 214 g/mol. The zero-order valence-corrected chi connectivity index (χ0v) is 9.20. The lowest BCUT2D eigenvalue weighted by molar-refractivity contribution is -0.117. The van der Waals surface area contributed by atoms with E-state index in [0.717, 1.165) is 0 Å². The molecule has 1 amide bonds. The van der Waals surface area contributed by atoms with Crippen molar-refractivity contribution in [3.63, 3.8) is 0 Å². The summed E-state index contributed by atoms with van der Waals surface area (Å²) in [7, 11) is -3.49. The van der Waals surface area contributed by atoms with E-state index in [4.69, 9.17) is 5.73 Å². The molecule has 0 fully saturated rings. The molecular formula is C10H13NO3S. The Hall–Kier alpha value is -1.36. The summed E-state index contributed by atoms with van der Waals surface area (Å²) in [5.41, 5.74) is 5.62. The molecule has 4 nitrogen and oxygen atoms in total. The highest BCUT2D eigenvalue weighted by atomic mass is 32.2. The Morgan fingerprint density at radius 3 is 2.33 bits per heavy atom. The van der Waals surface area contributed by atoms with E-state index in [1.807, 2.05) is 0 Å². The second-order valence-electron chi connectivity index (χ2n) is 3.34. The molecule has 0 bridgehead atoms. The summed E-state index contributed by atoms with van der Waals surface area (Å²) in [6, 6.07) is 8.70. The number of sulfone groups is 1. The molecule has 0 aromatic heterocycles. The van der Waals surface area contributed by atoms with Crippen molar-refractivity contribution in [2.45, 2.75) is 17.9 Å². The molecule has 15 heavy (non-hydrogen) atoms. The topological polar surface area (TPSA) is 77.2 Å². The number of primary amides is 1. The predicted octanol–water partition coefficient (Wildman–Crippen LogP) is 0.475. The van der Waals surface area contributed by atoms with Crippen molar-refractivity contribution in [1.82, 2.24) is 0 Å². The second-order valence-corrected chi connectivity index (χ2v) is 5.66. The van der Waals surface area contributed by atoms with Crippen LogP contribution in [0.4, 0.5) is 0 Å². The number of carbonyl (C=O) groups is 1. The van der Waals surface area contributed by atoms with Crippen LogP contribution >= 0.6 is 0 Å². The largest absolute Gasteiger partial charge is 0.369 e. The van der Waals surface area contributed by atoms with E-state index in [1.54, 1.807) is 30.3 Å². The number of benzene rings is 1. The molecule has 1 rings (SSSR count). The standard InChI is InChI=1S/C10H13NO3S/c1-8(10(11)12)15(13,14)7-9-5-3-2-4-6-9/h2-6,8H,7H2,1H3,(H2,11,12). The van der Waals surface area contributed by atoms with Crippen LogP contribution in [0.25, 0.3) is 0 Å². The van der Waals surface area contributed by atoms with Gasteiger partial charge in [0.15, 0.2) is 9.84 Å². The predicted molar refractivity (Wildman–Crippen MR) is 57.7 cm³/mol. The average Bonchev–Trinajstić information content (AvgIpc) is 2.17. The first-order valence-electron chi connectivity index (χ1n) is 4.48. The van der Waals surface area contributed by atoms with Crippen molar-refractivity contribution in [2.24, 2.45) is 5.73 Å². The van der Waals surface area contributed by atoms with Gasteiger partial charge in [0.05, 0.1) is 5.75 Å². The molecule has 0 aliphatic carbocycles. The SMILES string of the molecule is CC(C(N)=O)S(=O)(=O)Cc1ccccc1. The molecule has 0 aliphatic heterocycles. The molecule has 0 spiro atoms. The summed E-state index contributed by atoms with van der Waals surface area (Å²) >= 11 is 0. The molecule has 1 unspecified atom stereocenters. The maximum absolute atomic E-state index is 11.6. The Morgan fingerprint density at radius 1 is 1.33 bits per heavy atom. The molecule has 0 heterocycles.